The second-order valence-corrected chi connectivity index (χ2v) is 11.4. The van der Waals surface area contributed by atoms with E-state index in [1.807, 2.05) is 31.1 Å². The summed E-state index contributed by atoms with van der Waals surface area (Å²) < 4.78 is 16.6. The first-order chi connectivity index (χ1) is 20.0. The normalized spacial score (nSPS) is 16.8. The molecule has 3 aromatic heterocycles. The van der Waals surface area contributed by atoms with E-state index in [0.717, 1.165) is 16.7 Å². The molecule has 0 unspecified atom stereocenters. The molecule has 1 aliphatic rings. The Bertz CT molecular complexity index is 1670. The number of likely N-dealkylation sites (tertiary alicyclic amines) is 1. The first-order valence-corrected chi connectivity index (χ1v) is 14.1. The molecule has 0 saturated carbocycles. The van der Waals surface area contributed by atoms with Crippen molar-refractivity contribution in [2.24, 2.45) is 0 Å². The molecule has 1 saturated heterocycles. The number of pyridine rings is 1. The molecule has 1 N–H and O–H groups in total. The number of ketones is 1. The van der Waals surface area contributed by atoms with Crippen LogP contribution in [0.1, 0.15) is 35.2 Å². The number of benzene rings is 1. The van der Waals surface area contributed by atoms with Gasteiger partial charge in [-0.05, 0) is 72.3 Å². The van der Waals surface area contributed by atoms with Crippen LogP contribution in [0.15, 0.2) is 47.3 Å². The predicted molar refractivity (Wildman–Crippen MR) is 158 cm³/mol. The number of alkyl halides is 1. The maximum absolute atomic E-state index is 14.6. The largest absolute Gasteiger partial charge is 0.326 e. The van der Waals surface area contributed by atoms with Gasteiger partial charge in [-0.1, -0.05) is 6.07 Å². The van der Waals surface area contributed by atoms with Gasteiger partial charge in [-0.2, -0.15) is 5.10 Å². The van der Waals surface area contributed by atoms with Crippen LogP contribution in [-0.4, -0.2) is 85.0 Å². The summed E-state index contributed by atoms with van der Waals surface area (Å²) in [5.41, 5.74) is 3.35. The van der Waals surface area contributed by atoms with Crippen molar-refractivity contribution in [3.63, 3.8) is 0 Å². The number of amides is 2. The maximum atomic E-state index is 14.6. The first-order valence-electron chi connectivity index (χ1n) is 13.3. The third-order valence-electron chi connectivity index (χ3n) is 7.01. The number of aryl methyl sites for hydroxylation is 1. The van der Waals surface area contributed by atoms with Gasteiger partial charge in [0.15, 0.2) is 5.78 Å². The Morgan fingerprint density at radius 3 is 2.57 bits per heavy atom. The molecule has 1 fully saturated rings. The van der Waals surface area contributed by atoms with Crippen molar-refractivity contribution >= 4 is 50.2 Å². The van der Waals surface area contributed by atoms with Gasteiger partial charge in [-0.15, -0.1) is 0 Å². The van der Waals surface area contributed by atoms with E-state index in [2.05, 4.69) is 41.3 Å². The standard InChI is InChI=1S/C29H30BrFN8O3/c1-16(40)28-22-10-21(19-11-32-17(2)33-12-19)18(13-37(3)4)8-23(22)39(36-28)15-27(41)38-14-20(31)9-24(38)29(42)35-26-7-5-6-25(30)34-26/h5-8,10-12,20,24H,9,13-15H2,1-4H3,(H,34,35,42)/t20-,24+/m1/s1. The van der Waals surface area contributed by atoms with Crippen LogP contribution in [0.3, 0.4) is 0 Å². The summed E-state index contributed by atoms with van der Waals surface area (Å²) in [4.78, 5) is 55.4. The van der Waals surface area contributed by atoms with Crippen molar-refractivity contribution < 1.29 is 18.8 Å². The molecule has 1 aromatic carbocycles. The Kier molecular flexibility index (Phi) is 8.41. The molecule has 4 heterocycles. The van der Waals surface area contributed by atoms with Gasteiger partial charge in [0, 0.05) is 43.2 Å². The summed E-state index contributed by atoms with van der Waals surface area (Å²) in [5.74, 6) is -0.343. The van der Waals surface area contributed by atoms with E-state index in [4.69, 9.17) is 0 Å². The van der Waals surface area contributed by atoms with Crippen molar-refractivity contribution in [3.05, 3.63) is 64.4 Å². The van der Waals surface area contributed by atoms with Crippen LogP contribution in [0.4, 0.5) is 10.2 Å². The van der Waals surface area contributed by atoms with Gasteiger partial charge in [0.1, 0.15) is 40.7 Å². The Morgan fingerprint density at radius 2 is 1.90 bits per heavy atom. The quantitative estimate of drug-likeness (QED) is 0.229. The topological polar surface area (TPSA) is 126 Å². The van der Waals surface area contributed by atoms with Crippen LogP contribution in [-0.2, 0) is 22.7 Å². The molecule has 1 aliphatic heterocycles. The lowest BCUT2D eigenvalue weighted by Gasteiger charge is -2.23. The number of aromatic nitrogens is 5. The molecule has 5 rings (SSSR count). The van der Waals surface area contributed by atoms with Gasteiger partial charge in [0.25, 0.3) is 0 Å². The second-order valence-electron chi connectivity index (χ2n) is 10.6. The fraction of sp³-hybridized carbons (Fsp3) is 0.345. The number of fused-ring (bicyclic) bond motifs is 1. The fourth-order valence-corrected chi connectivity index (χ4v) is 5.47. The minimum atomic E-state index is -1.35. The van der Waals surface area contributed by atoms with E-state index in [1.165, 1.54) is 16.5 Å². The highest BCUT2D eigenvalue weighted by molar-refractivity contribution is 9.10. The van der Waals surface area contributed by atoms with E-state index in [1.54, 1.807) is 37.5 Å². The molecule has 4 aromatic rings. The van der Waals surface area contributed by atoms with Crippen molar-refractivity contribution in [3.8, 4) is 11.1 Å². The van der Waals surface area contributed by atoms with Crippen LogP contribution in [0.25, 0.3) is 22.0 Å². The molecule has 0 radical (unpaired) electrons. The van der Waals surface area contributed by atoms with E-state index < -0.39 is 24.0 Å². The zero-order chi connectivity index (χ0) is 30.1. The number of carbonyl (C=O) groups is 3. The van der Waals surface area contributed by atoms with E-state index >= 15 is 0 Å². The molecule has 11 nitrogen and oxygen atoms in total. The van der Waals surface area contributed by atoms with Crippen LogP contribution in [0.2, 0.25) is 0 Å². The third-order valence-corrected chi connectivity index (χ3v) is 7.45. The highest BCUT2D eigenvalue weighted by Crippen LogP contribution is 2.32. The summed E-state index contributed by atoms with van der Waals surface area (Å²) in [5, 5.41) is 7.75. The van der Waals surface area contributed by atoms with Gasteiger partial charge in [-0.25, -0.2) is 19.3 Å². The molecule has 42 heavy (non-hydrogen) atoms. The highest BCUT2D eigenvalue weighted by Gasteiger charge is 2.40. The SMILES string of the molecule is CC(=O)c1nn(CC(=O)N2C[C@H](F)C[C@H]2C(=O)Nc2cccc(Br)n2)c2cc(CN(C)C)c(-c3cnc(C)nc3)cc12. The average molecular weight is 638 g/mol. The summed E-state index contributed by atoms with van der Waals surface area (Å²) in [6, 6.07) is 7.80. The molecule has 0 bridgehead atoms. The summed E-state index contributed by atoms with van der Waals surface area (Å²) >= 11 is 3.26. The zero-order valence-corrected chi connectivity index (χ0v) is 25.2. The van der Waals surface area contributed by atoms with Crippen LogP contribution in [0.5, 0.6) is 0 Å². The second kappa shape index (κ2) is 12.0. The van der Waals surface area contributed by atoms with Crippen LogP contribution >= 0.6 is 15.9 Å². The predicted octanol–water partition coefficient (Wildman–Crippen LogP) is 3.80. The van der Waals surface area contributed by atoms with Crippen LogP contribution < -0.4 is 5.32 Å². The molecular formula is C29H30BrFN8O3. The smallest absolute Gasteiger partial charge is 0.248 e. The minimum absolute atomic E-state index is 0.126. The van der Waals surface area contributed by atoms with Crippen molar-refractivity contribution in [2.75, 3.05) is 26.0 Å². The molecule has 0 aliphatic carbocycles. The summed E-state index contributed by atoms with van der Waals surface area (Å²) in [7, 11) is 3.88. The average Bonchev–Trinajstić information content (AvgIpc) is 3.49. The summed E-state index contributed by atoms with van der Waals surface area (Å²) in [6.07, 6.45) is 1.99. The number of hydrogen-bond donors (Lipinski definition) is 1. The van der Waals surface area contributed by atoms with Gasteiger partial charge < -0.3 is 15.1 Å². The number of carbonyl (C=O) groups excluding carboxylic acids is 3. The molecule has 0 spiro atoms. The van der Waals surface area contributed by atoms with Crippen LogP contribution in [0, 0.1) is 6.92 Å². The first kappa shape index (κ1) is 29.4. The number of anilines is 1. The molecule has 13 heteroatoms. The number of Topliss-reactive ketones (excluding diaryl/α,β-unsaturated/α-hetero) is 1. The minimum Gasteiger partial charge on any atom is -0.326 e. The van der Waals surface area contributed by atoms with Gasteiger partial charge in [0.2, 0.25) is 11.8 Å². The van der Waals surface area contributed by atoms with Gasteiger partial charge in [-0.3, -0.25) is 19.1 Å². The third kappa shape index (κ3) is 6.21. The molecular weight excluding hydrogens is 607 g/mol. The molecule has 2 amide bonds. The van der Waals surface area contributed by atoms with E-state index in [9.17, 15) is 18.8 Å². The van der Waals surface area contributed by atoms with Crippen molar-refractivity contribution in [2.45, 2.75) is 45.6 Å². The van der Waals surface area contributed by atoms with Gasteiger partial charge >= 0.3 is 0 Å². The van der Waals surface area contributed by atoms with Crippen molar-refractivity contribution in [1.82, 2.24) is 34.5 Å². The van der Waals surface area contributed by atoms with E-state index in [0.29, 0.717) is 27.9 Å². The lowest BCUT2D eigenvalue weighted by molar-refractivity contribution is -0.137. The lowest BCUT2D eigenvalue weighted by atomic mass is 9.98. The Hall–Kier alpha value is -4.10. The maximum Gasteiger partial charge on any atom is 0.248 e. The number of nitrogens with zero attached hydrogens (tertiary/aromatic N) is 7. The lowest BCUT2D eigenvalue weighted by Crippen LogP contribution is -2.44. The van der Waals surface area contributed by atoms with Crippen molar-refractivity contribution in [1.29, 1.82) is 0 Å². The zero-order valence-electron chi connectivity index (χ0n) is 23.6. The highest BCUT2D eigenvalue weighted by atomic mass is 79.9. The molecule has 2 atom stereocenters. The Balaban J connectivity index is 1.49. The van der Waals surface area contributed by atoms with Gasteiger partial charge in [0.05, 0.1) is 12.1 Å². The number of nitrogens with one attached hydrogen (secondary N) is 1. The number of rotatable bonds is 8. The Labute approximate surface area is 250 Å². The monoisotopic (exact) mass is 636 g/mol. The molecule has 218 valence electrons. The van der Waals surface area contributed by atoms with E-state index in [-0.39, 0.29) is 36.8 Å². The number of halogens is 2. The number of hydrogen-bond acceptors (Lipinski definition) is 8. The fourth-order valence-electron chi connectivity index (χ4n) is 5.13. The summed E-state index contributed by atoms with van der Waals surface area (Å²) in [6.45, 7) is 3.30. The Morgan fingerprint density at radius 1 is 1.17 bits per heavy atom.